The maximum Gasteiger partial charge on any atom is 0.258 e. The Morgan fingerprint density at radius 2 is 2.06 bits per heavy atom. The summed E-state index contributed by atoms with van der Waals surface area (Å²) in [6, 6.07) is 5.93. The topological polar surface area (TPSA) is 102 Å². The number of aromatic nitrogens is 3. The SMILES string of the molecule is O=C(COc1cnc(Cl)c(F)c1)N[C@H]1CC[C@H](c2nnc(-c3ccc(Cl)c(Cl)c3)o2)NC1. The van der Waals surface area contributed by atoms with Crippen LogP contribution < -0.4 is 15.4 Å². The zero-order valence-corrected chi connectivity index (χ0v) is 18.7. The van der Waals surface area contributed by atoms with E-state index in [4.69, 9.17) is 44.0 Å². The summed E-state index contributed by atoms with van der Waals surface area (Å²) < 4.78 is 24.4. The Morgan fingerprint density at radius 1 is 1.22 bits per heavy atom. The molecule has 0 unspecified atom stereocenters. The van der Waals surface area contributed by atoms with Crippen LogP contribution in [-0.4, -0.2) is 40.3 Å². The smallest absolute Gasteiger partial charge is 0.258 e. The molecule has 1 aromatic carbocycles. The van der Waals surface area contributed by atoms with Gasteiger partial charge in [0.2, 0.25) is 11.8 Å². The number of rotatable bonds is 6. The number of hydrogen-bond acceptors (Lipinski definition) is 7. The van der Waals surface area contributed by atoms with Crippen molar-refractivity contribution < 1.29 is 18.3 Å². The van der Waals surface area contributed by atoms with Crippen molar-refractivity contribution in [2.24, 2.45) is 0 Å². The molecule has 1 saturated heterocycles. The highest BCUT2D eigenvalue weighted by Crippen LogP contribution is 2.30. The molecule has 0 spiro atoms. The van der Waals surface area contributed by atoms with Crippen molar-refractivity contribution in [3.05, 3.63) is 57.4 Å². The summed E-state index contributed by atoms with van der Waals surface area (Å²) in [6.45, 7) is 0.247. The molecular formula is C20H17Cl3FN5O3. The molecule has 0 bridgehead atoms. The molecule has 1 aliphatic rings. The van der Waals surface area contributed by atoms with Crippen LogP contribution in [0.2, 0.25) is 15.2 Å². The van der Waals surface area contributed by atoms with E-state index in [-0.39, 0.29) is 35.5 Å². The molecular weight excluding hydrogens is 484 g/mol. The molecule has 168 valence electrons. The van der Waals surface area contributed by atoms with Gasteiger partial charge >= 0.3 is 0 Å². The van der Waals surface area contributed by atoms with E-state index >= 15 is 0 Å². The van der Waals surface area contributed by atoms with E-state index < -0.39 is 5.82 Å². The average molecular weight is 501 g/mol. The van der Waals surface area contributed by atoms with Gasteiger partial charge in [-0.05, 0) is 31.0 Å². The fourth-order valence-electron chi connectivity index (χ4n) is 3.21. The number of carbonyl (C=O) groups is 1. The molecule has 2 N–H and O–H groups in total. The monoisotopic (exact) mass is 499 g/mol. The Kier molecular flexibility index (Phi) is 7.10. The second kappa shape index (κ2) is 9.99. The summed E-state index contributed by atoms with van der Waals surface area (Å²) in [5.74, 6) is -0.115. The maximum atomic E-state index is 13.4. The third-order valence-corrected chi connectivity index (χ3v) is 5.84. The number of nitrogens with zero attached hydrogens (tertiary/aromatic N) is 3. The minimum Gasteiger partial charge on any atom is -0.482 e. The zero-order valence-electron chi connectivity index (χ0n) is 16.4. The molecule has 3 heterocycles. The van der Waals surface area contributed by atoms with Crippen LogP contribution in [0.15, 0.2) is 34.9 Å². The van der Waals surface area contributed by atoms with Gasteiger partial charge in [0.25, 0.3) is 5.91 Å². The summed E-state index contributed by atoms with van der Waals surface area (Å²) in [7, 11) is 0. The summed E-state index contributed by atoms with van der Waals surface area (Å²) in [6.07, 6.45) is 2.63. The van der Waals surface area contributed by atoms with E-state index in [2.05, 4.69) is 25.8 Å². The van der Waals surface area contributed by atoms with E-state index in [0.717, 1.165) is 6.07 Å². The second-order valence-electron chi connectivity index (χ2n) is 7.11. The summed E-state index contributed by atoms with van der Waals surface area (Å²) in [5, 5.41) is 15.0. The van der Waals surface area contributed by atoms with Gasteiger partial charge in [0.15, 0.2) is 17.6 Å². The van der Waals surface area contributed by atoms with Gasteiger partial charge < -0.3 is 19.8 Å². The van der Waals surface area contributed by atoms with E-state index in [1.807, 2.05) is 0 Å². The molecule has 8 nitrogen and oxygen atoms in total. The minimum absolute atomic E-state index is 0.0973. The van der Waals surface area contributed by atoms with Gasteiger partial charge in [-0.2, -0.15) is 0 Å². The van der Waals surface area contributed by atoms with E-state index in [9.17, 15) is 9.18 Å². The van der Waals surface area contributed by atoms with E-state index in [0.29, 0.717) is 46.8 Å². The van der Waals surface area contributed by atoms with Gasteiger partial charge in [0.1, 0.15) is 5.75 Å². The maximum absolute atomic E-state index is 13.4. The minimum atomic E-state index is -0.713. The van der Waals surface area contributed by atoms with E-state index in [1.54, 1.807) is 18.2 Å². The molecule has 32 heavy (non-hydrogen) atoms. The van der Waals surface area contributed by atoms with Crippen LogP contribution >= 0.6 is 34.8 Å². The average Bonchev–Trinajstić information content (AvgIpc) is 3.27. The van der Waals surface area contributed by atoms with Crippen molar-refractivity contribution in [2.45, 2.75) is 24.9 Å². The Balaban J connectivity index is 1.26. The first-order valence-electron chi connectivity index (χ1n) is 9.64. The molecule has 0 radical (unpaired) electrons. The molecule has 1 aliphatic heterocycles. The first-order valence-corrected chi connectivity index (χ1v) is 10.8. The Morgan fingerprint density at radius 3 is 2.78 bits per heavy atom. The van der Waals surface area contributed by atoms with Crippen LogP contribution in [0, 0.1) is 5.82 Å². The normalized spacial score (nSPS) is 18.4. The fourth-order valence-corrected chi connectivity index (χ4v) is 3.61. The molecule has 12 heteroatoms. The summed E-state index contributed by atoms with van der Waals surface area (Å²) in [4.78, 5) is 15.8. The van der Waals surface area contributed by atoms with Gasteiger partial charge in [-0.1, -0.05) is 34.8 Å². The van der Waals surface area contributed by atoms with Gasteiger partial charge in [-0.15, -0.1) is 10.2 Å². The first kappa shape index (κ1) is 22.7. The molecule has 0 saturated carbocycles. The number of benzene rings is 1. The van der Waals surface area contributed by atoms with Crippen molar-refractivity contribution in [3.63, 3.8) is 0 Å². The van der Waals surface area contributed by atoms with Crippen LogP contribution in [0.4, 0.5) is 4.39 Å². The lowest BCUT2D eigenvalue weighted by Gasteiger charge is -2.28. The van der Waals surface area contributed by atoms with Gasteiger partial charge in [0.05, 0.1) is 22.3 Å². The largest absolute Gasteiger partial charge is 0.482 e. The van der Waals surface area contributed by atoms with Crippen molar-refractivity contribution in [3.8, 4) is 17.2 Å². The third kappa shape index (κ3) is 5.47. The van der Waals surface area contributed by atoms with Crippen LogP contribution in [0.25, 0.3) is 11.5 Å². The van der Waals surface area contributed by atoms with Crippen molar-refractivity contribution >= 4 is 40.7 Å². The number of carbonyl (C=O) groups excluding carboxylic acids is 1. The number of hydrogen-bond donors (Lipinski definition) is 2. The molecule has 1 fully saturated rings. The van der Waals surface area contributed by atoms with Gasteiger partial charge in [-0.3, -0.25) is 4.79 Å². The zero-order chi connectivity index (χ0) is 22.7. The van der Waals surface area contributed by atoms with E-state index in [1.165, 1.54) is 6.20 Å². The van der Waals surface area contributed by atoms with Gasteiger partial charge in [0, 0.05) is 24.2 Å². The van der Waals surface area contributed by atoms with Crippen molar-refractivity contribution in [2.75, 3.05) is 13.2 Å². The highest BCUT2D eigenvalue weighted by Gasteiger charge is 2.27. The Bertz CT molecular complexity index is 1120. The van der Waals surface area contributed by atoms with Crippen LogP contribution in [0.3, 0.4) is 0 Å². The number of nitrogens with one attached hydrogen (secondary N) is 2. The Hall–Kier alpha value is -2.46. The molecule has 2 aromatic heterocycles. The lowest BCUT2D eigenvalue weighted by molar-refractivity contribution is -0.124. The third-order valence-electron chi connectivity index (χ3n) is 4.83. The predicted octanol–water partition coefficient (Wildman–Crippen LogP) is 4.22. The number of piperidine rings is 1. The van der Waals surface area contributed by atoms with Crippen LogP contribution in [0.1, 0.15) is 24.8 Å². The Labute approximate surface area is 197 Å². The number of ether oxygens (including phenoxy) is 1. The second-order valence-corrected chi connectivity index (χ2v) is 8.28. The molecule has 1 amide bonds. The fraction of sp³-hybridized carbons (Fsp3) is 0.300. The number of pyridine rings is 1. The van der Waals surface area contributed by atoms with Crippen LogP contribution in [0.5, 0.6) is 5.75 Å². The lowest BCUT2D eigenvalue weighted by Crippen LogP contribution is -2.48. The van der Waals surface area contributed by atoms with Crippen LogP contribution in [-0.2, 0) is 4.79 Å². The molecule has 0 aliphatic carbocycles. The quantitative estimate of drug-likeness (QED) is 0.489. The number of amides is 1. The highest BCUT2D eigenvalue weighted by molar-refractivity contribution is 6.42. The lowest BCUT2D eigenvalue weighted by atomic mass is 10.0. The van der Waals surface area contributed by atoms with Gasteiger partial charge in [-0.25, -0.2) is 9.37 Å². The standard InChI is InChI=1S/C20H17Cl3FN5O3/c21-13-3-1-10(5-14(13)22)19-28-29-20(32-19)16-4-2-11(7-25-16)27-17(30)9-31-12-6-15(24)18(23)26-8-12/h1,3,5-6,8,11,16,25H,2,4,7,9H2,(H,27,30)/t11-,16+/m0/s1. The highest BCUT2D eigenvalue weighted by atomic mass is 35.5. The molecule has 4 rings (SSSR count). The first-order chi connectivity index (χ1) is 15.4. The number of halogens is 4. The van der Waals surface area contributed by atoms with Crippen molar-refractivity contribution in [1.82, 2.24) is 25.8 Å². The molecule has 2 atom stereocenters. The van der Waals surface area contributed by atoms with Crippen molar-refractivity contribution in [1.29, 1.82) is 0 Å². The summed E-state index contributed by atoms with van der Waals surface area (Å²) in [5.41, 5.74) is 0.676. The molecule has 3 aromatic rings. The summed E-state index contributed by atoms with van der Waals surface area (Å²) >= 11 is 17.5. The predicted molar refractivity (Wildman–Crippen MR) is 116 cm³/mol.